The SMILES string of the molecule is COc1ccc(NCc2ccc3ccccc3c2)c(OC)c1. The molecule has 0 spiro atoms. The van der Waals surface area contributed by atoms with Crippen molar-refractivity contribution >= 4 is 16.5 Å². The Balaban J connectivity index is 1.78. The van der Waals surface area contributed by atoms with Crippen LogP contribution in [0.25, 0.3) is 10.8 Å². The number of rotatable bonds is 5. The van der Waals surface area contributed by atoms with Crippen molar-refractivity contribution in [2.24, 2.45) is 0 Å². The minimum atomic E-state index is 0.744. The molecule has 22 heavy (non-hydrogen) atoms. The molecular formula is C19H19NO2. The van der Waals surface area contributed by atoms with Gasteiger partial charge in [-0.05, 0) is 34.5 Å². The highest BCUT2D eigenvalue weighted by Gasteiger charge is 2.05. The number of ether oxygens (including phenoxy) is 2. The molecule has 3 aromatic rings. The minimum Gasteiger partial charge on any atom is -0.497 e. The molecule has 3 rings (SSSR count). The molecule has 0 heterocycles. The number of methoxy groups -OCH3 is 2. The van der Waals surface area contributed by atoms with E-state index in [1.807, 2.05) is 18.2 Å². The highest BCUT2D eigenvalue weighted by atomic mass is 16.5. The van der Waals surface area contributed by atoms with Gasteiger partial charge in [0.2, 0.25) is 0 Å². The van der Waals surface area contributed by atoms with Crippen molar-refractivity contribution in [3.63, 3.8) is 0 Å². The van der Waals surface area contributed by atoms with E-state index in [1.165, 1.54) is 16.3 Å². The molecule has 0 aliphatic heterocycles. The van der Waals surface area contributed by atoms with Crippen molar-refractivity contribution in [1.29, 1.82) is 0 Å². The van der Waals surface area contributed by atoms with Crippen LogP contribution in [0, 0.1) is 0 Å². The third-order valence-corrected chi connectivity index (χ3v) is 3.71. The van der Waals surface area contributed by atoms with Crippen molar-refractivity contribution in [1.82, 2.24) is 0 Å². The molecule has 0 fully saturated rings. The number of hydrogen-bond acceptors (Lipinski definition) is 3. The first-order chi connectivity index (χ1) is 10.8. The second kappa shape index (κ2) is 6.39. The van der Waals surface area contributed by atoms with Gasteiger partial charge in [-0.1, -0.05) is 36.4 Å². The fourth-order valence-electron chi connectivity index (χ4n) is 2.49. The summed E-state index contributed by atoms with van der Waals surface area (Å²) >= 11 is 0. The highest BCUT2D eigenvalue weighted by Crippen LogP contribution is 2.29. The molecular weight excluding hydrogens is 274 g/mol. The van der Waals surface area contributed by atoms with Crippen LogP contribution in [0.3, 0.4) is 0 Å². The average molecular weight is 293 g/mol. The van der Waals surface area contributed by atoms with E-state index in [2.05, 4.69) is 47.8 Å². The topological polar surface area (TPSA) is 30.5 Å². The Bertz CT molecular complexity index is 783. The van der Waals surface area contributed by atoms with Crippen LogP contribution in [0.2, 0.25) is 0 Å². The molecule has 0 atom stereocenters. The quantitative estimate of drug-likeness (QED) is 0.753. The van der Waals surface area contributed by atoms with Gasteiger partial charge in [-0.2, -0.15) is 0 Å². The lowest BCUT2D eigenvalue weighted by atomic mass is 10.1. The van der Waals surface area contributed by atoms with E-state index in [1.54, 1.807) is 14.2 Å². The lowest BCUT2D eigenvalue weighted by Gasteiger charge is -2.13. The van der Waals surface area contributed by atoms with E-state index in [9.17, 15) is 0 Å². The molecule has 3 heteroatoms. The third-order valence-electron chi connectivity index (χ3n) is 3.71. The summed E-state index contributed by atoms with van der Waals surface area (Å²) in [6, 6.07) is 20.6. The van der Waals surface area contributed by atoms with Gasteiger partial charge in [-0.15, -0.1) is 0 Å². The number of anilines is 1. The van der Waals surface area contributed by atoms with Gasteiger partial charge in [0.15, 0.2) is 0 Å². The number of benzene rings is 3. The second-order valence-corrected chi connectivity index (χ2v) is 5.10. The number of hydrogen-bond donors (Lipinski definition) is 1. The summed E-state index contributed by atoms with van der Waals surface area (Å²) in [6.45, 7) is 0.744. The molecule has 0 bridgehead atoms. The maximum absolute atomic E-state index is 5.40. The maximum atomic E-state index is 5.40. The van der Waals surface area contributed by atoms with E-state index in [4.69, 9.17) is 9.47 Å². The standard InChI is InChI=1S/C19H19NO2/c1-21-17-9-10-18(19(12-17)22-2)20-13-14-7-8-15-5-3-4-6-16(15)11-14/h3-12,20H,13H2,1-2H3. The van der Waals surface area contributed by atoms with Crippen LogP contribution in [0.5, 0.6) is 11.5 Å². The molecule has 0 saturated carbocycles. The van der Waals surface area contributed by atoms with Crippen LogP contribution in [-0.4, -0.2) is 14.2 Å². The molecule has 1 N–H and O–H groups in total. The zero-order chi connectivity index (χ0) is 15.4. The van der Waals surface area contributed by atoms with Gasteiger partial charge in [0.25, 0.3) is 0 Å². The fraction of sp³-hybridized carbons (Fsp3) is 0.158. The lowest BCUT2D eigenvalue weighted by Crippen LogP contribution is -2.01. The van der Waals surface area contributed by atoms with Crippen LogP contribution in [0.1, 0.15) is 5.56 Å². The molecule has 0 saturated heterocycles. The van der Waals surface area contributed by atoms with E-state index in [0.717, 1.165) is 23.7 Å². The maximum Gasteiger partial charge on any atom is 0.145 e. The largest absolute Gasteiger partial charge is 0.497 e. The van der Waals surface area contributed by atoms with Crippen LogP contribution in [0.15, 0.2) is 60.7 Å². The predicted octanol–water partition coefficient (Wildman–Crippen LogP) is 4.47. The molecule has 0 aliphatic rings. The van der Waals surface area contributed by atoms with Gasteiger partial charge in [-0.25, -0.2) is 0 Å². The van der Waals surface area contributed by atoms with Gasteiger partial charge in [0.05, 0.1) is 19.9 Å². The summed E-state index contributed by atoms with van der Waals surface area (Å²) in [5.41, 5.74) is 2.19. The van der Waals surface area contributed by atoms with Crippen molar-refractivity contribution in [3.8, 4) is 11.5 Å². The minimum absolute atomic E-state index is 0.744. The molecule has 0 amide bonds. The Morgan fingerprint density at radius 3 is 2.41 bits per heavy atom. The molecule has 3 nitrogen and oxygen atoms in total. The molecule has 3 aromatic carbocycles. The monoisotopic (exact) mass is 293 g/mol. The van der Waals surface area contributed by atoms with Gasteiger partial charge in [0.1, 0.15) is 11.5 Å². The van der Waals surface area contributed by atoms with Crippen LogP contribution in [-0.2, 0) is 6.54 Å². The normalized spacial score (nSPS) is 10.5. The van der Waals surface area contributed by atoms with Crippen molar-refractivity contribution < 1.29 is 9.47 Å². The average Bonchev–Trinajstić information content (AvgIpc) is 2.59. The molecule has 0 unspecified atom stereocenters. The zero-order valence-electron chi connectivity index (χ0n) is 12.8. The van der Waals surface area contributed by atoms with Crippen molar-refractivity contribution in [2.75, 3.05) is 19.5 Å². The van der Waals surface area contributed by atoms with Gasteiger partial charge >= 0.3 is 0 Å². The van der Waals surface area contributed by atoms with Crippen LogP contribution in [0.4, 0.5) is 5.69 Å². The van der Waals surface area contributed by atoms with Crippen LogP contribution >= 0.6 is 0 Å². The third kappa shape index (κ3) is 2.98. The molecule has 0 radical (unpaired) electrons. The van der Waals surface area contributed by atoms with Gasteiger partial charge in [-0.3, -0.25) is 0 Å². The Hall–Kier alpha value is -2.68. The van der Waals surface area contributed by atoms with Gasteiger partial charge in [0, 0.05) is 12.6 Å². The molecule has 0 aliphatic carbocycles. The first kappa shape index (κ1) is 14.3. The van der Waals surface area contributed by atoms with Crippen molar-refractivity contribution in [2.45, 2.75) is 6.54 Å². The summed E-state index contributed by atoms with van der Waals surface area (Å²) in [5, 5.41) is 5.93. The van der Waals surface area contributed by atoms with E-state index >= 15 is 0 Å². The molecule has 0 aromatic heterocycles. The highest BCUT2D eigenvalue weighted by molar-refractivity contribution is 5.83. The smallest absolute Gasteiger partial charge is 0.145 e. The fourth-order valence-corrected chi connectivity index (χ4v) is 2.49. The Morgan fingerprint density at radius 1 is 0.818 bits per heavy atom. The van der Waals surface area contributed by atoms with E-state index < -0.39 is 0 Å². The van der Waals surface area contributed by atoms with E-state index in [-0.39, 0.29) is 0 Å². The Labute approximate surface area is 130 Å². The summed E-state index contributed by atoms with van der Waals surface area (Å²) < 4.78 is 10.6. The summed E-state index contributed by atoms with van der Waals surface area (Å²) in [7, 11) is 3.31. The summed E-state index contributed by atoms with van der Waals surface area (Å²) in [6.07, 6.45) is 0. The Morgan fingerprint density at radius 2 is 1.64 bits per heavy atom. The van der Waals surface area contributed by atoms with Gasteiger partial charge < -0.3 is 14.8 Å². The summed E-state index contributed by atoms with van der Waals surface area (Å²) in [4.78, 5) is 0. The second-order valence-electron chi connectivity index (χ2n) is 5.10. The first-order valence-electron chi connectivity index (χ1n) is 7.24. The lowest BCUT2D eigenvalue weighted by molar-refractivity contribution is 0.395. The van der Waals surface area contributed by atoms with Crippen LogP contribution < -0.4 is 14.8 Å². The first-order valence-corrected chi connectivity index (χ1v) is 7.24. The zero-order valence-corrected chi connectivity index (χ0v) is 12.8. The Kier molecular flexibility index (Phi) is 4.15. The molecule has 112 valence electrons. The number of nitrogens with one attached hydrogen (secondary N) is 1. The number of fused-ring (bicyclic) bond motifs is 1. The van der Waals surface area contributed by atoms with E-state index in [0.29, 0.717) is 0 Å². The summed E-state index contributed by atoms with van der Waals surface area (Å²) in [5.74, 6) is 1.56. The predicted molar refractivity (Wildman–Crippen MR) is 90.8 cm³/mol. The van der Waals surface area contributed by atoms with Crippen molar-refractivity contribution in [3.05, 3.63) is 66.2 Å².